The molecule has 16 heavy (non-hydrogen) atoms. The normalized spacial score (nSPS) is 10.1. The number of ether oxygens (including phenoxy) is 1. The van der Waals surface area contributed by atoms with E-state index in [0.717, 1.165) is 11.1 Å². The minimum absolute atomic E-state index is 0.0735. The highest BCUT2D eigenvalue weighted by molar-refractivity contribution is 5.66. The number of methoxy groups -OCH3 is 1. The van der Waals surface area contributed by atoms with Crippen molar-refractivity contribution in [3.63, 3.8) is 0 Å². The largest absolute Gasteiger partial charge is 0.496 e. The Kier molecular flexibility index (Phi) is 4.79. The first-order valence-electron chi connectivity index (χ1n) is 5.16. The van der Waals surface area contributed by atoms with E-state index < -0.39 is 5.97 Å². The fourth-order valence-electron chi connectivity index (χ4n) is 1.65. The van der Waals surface area contributed by atoms with Crippen molar-refractivity contribution in [1.82, 2.24) is 0 Å². The van der Waals surface area contributed by atoms with Gasteiger partial charge in [-0.25, -0.2) is 0 Å². The highest BCUT2D eigenvalue weighted by Crippen LogP contribution is 2.25. The van der Waals surface area contributed by atoms with Crippen molar-refractivity contribution < 1.29 is 19.7 Å². The van der Waals surface area contributed by atoms with Crippen molar-refractivity contribution in [3.05, 3.63) is 29.3 Å². The molecular weight excluding hydrogens is 208 g/mol. The van der Waals surface area contributed by atoms with E-state index in [2.05, 4.69) is 0 Å². The van der Waals surface area contributed by atoms with E-state index in [0.29, 0.717) is 18.6 Å². The summed E-state index contributed by atoms with van der Waals surface area (Å²) in [6, 6.07) is 5.52. The van der Waals surface area contributed by atoms with Gasteiger partial charge in [-0.1, -0.05) is 18.2 Å². The van der Waals surface area contributed by atoms with Crippen LogP contribution in [0.15, 0.2) is 18.2 Å². The summed E-state index contributed by atoms with van der Waals surface area (Å²) < 4.78 is 5.22. The molecule has 0 amide bonds. The van der Waals surface area contributed by atoms with E-state index in [1.807, 2.05) is 12.1 Å². The molecule has 0 aliphatic heterocycles. The van der Waals surface area contributed by atoms with Crippen LogP contribution in [0.2, 0.25) is 0 Å². The molecule has 0 unspecified atom stereocenters. The molecule has 1 aromatic carbocycles. The van der Waals surface area contributed by atoms with E-state index in [-0.39, 0.29) is 13.0 Å². The van der Waals surface area contributed by atoms with Crippen molar-refractivity contribution in [2.24, 2.45) is 0 Å². The first-order valence-corrected chi connectivity index (χ1v) is 5.16. The van der Waals surface area contributed by atoms with Crippen LogP contribution in [0.1, 0.15) is 24.0 Å². The monoisotopic (exact) mass is 224 g/mol. The van der Waals surface area contributed by atoms with Gasteiger partial charge in [0.25, 0.3) is 0 Å². The zero-order valence-corrected chi connectivity index (χ0v) is 9.27. The van der Waals surface area contributed by atoms with Gasteiger partial charge in [0.1, 0.15) is 5.75 Å². The second kappa shape index (κ2) is 6.12. The first kappa shape index (κ1) is 12.5. The highest BCUT2D eigenvalue weighted by Gasteiger charge is 2.08. The maximum absolute atomic E-state index is 10.4. The number of rotatable bonds is 6. The quantitative estimate of drug-likeness (QED) is 0.770. The molecule has 0 fully saturated rings. The molecule has 1 rings (SSSR count). The molecular formula is C12H16O4. The summed E-state index contributed by atoms with van der Waals surface area (Å²) in [5.74, 6) is -0.132. The maximum atomic E-state index is 10.4. The van der Waals surface area contributed by atoms with Gasteiger partial charge in [0.2, 0.25) is 0 Å². The zero-order chi connectivity index (χ0) is 12.0. The van der Waals surface area contributed by atoms with Gasteiger partial charge in [0, 0.05) is 12.0 Å². The Morgan fingerprint density at radius 3 is 2.62 bits per heavy atom. The molecule has 4 nitrogen and oxygen atoms in total. The summed E-state index contributed by atoms with van der Waals surface area (Å²) in [6.07, 6.45) is 1.36. The van der Waals surface area contributed by atoms with Crippen LogP contribution in [0.4, 0.5) is 0 Å². The Hall–Kier alpha value is -1.55. The Balaban J connectivity index is 2.74. The fourth-order valence-corrected chi connectivity index (χ4v) is 1.65. The second-order valence-electron chi connectivity index (χ2n) is 3.51. The van der Waals surface area contributed by atoms with Gasteiger partial charge >= 0.3 is 5.97 Å². The number of aryl methyl sites for hydroxylation is 1. The van der Waals surface area contributed by atoms with Crippen LogP contribution in [-0.2, 0) is 17.8 Å². The molecule has 0 heterocycles. The number of aliphatic hydroxyl groups excluding tert-OH is 1. The lowest BCUT2D eigenvalue weighted by Crippen LogP contribution is -2.00. The lowest BCUT2D eigenvalue weighted by Gasteiger charge is -2.11. The van der Waals surface area contributed by atoms with Gasteiger partial charge in [-0.3, -0.25) is 4.79 Å². The Labute approximate surface area is 94.5 Å². The van der Waals surface area contributed by atoms with Gasteiger partial charge in [-0.2, -0.15) is 0 Å². The molecule has 0 spiro atoms. The lowest BCUT2D eigenvalue weighted by molar-refractivity contribution is -0.137. The molecule has 0 bridgehead atoms. The van der Waals surface area contributed by atoms with Gasteiger partial charge in [0.15, 0.2) is 0 Å². The fraction of sp³-hybridized carbons (Fsp3) is 0.417. The van der Waals surface area contributed by atoms with Crippen molar-refractivity contribution in [2.45, 2.75) is 25.9 Å². The minimum atomic E-state index is -0.794. The number of carboxylic acids is 1. The molecule has 0 saturated carbocycles. The topological polar surface area (TPSA) is 66.8 Å². The van der Waals surface area contributed by atoms with Crippen molar-refractivity contribution in [1.29, 1.82) is 0 Å². The van der Waals surface area contributed by atoms with Crippen molar-refractivity contribution in [3.8, 4) is 5.75 Å². The standard InChI is InChI=1S/C12H16O4/c1-16-12-9(5-3-7-11(14)15)4-2-6-10(12)8-13/h2,4,6,13H,3,5,7-8H2,1H3,(H,14,15). The molecule has 1 aromatic rings. The van der Waals surface area contributed by atoms with Gasteiger partial charge in [0.05, 0.1) is 13.7 Å². The lowest BCUT2D eigenvalue weighted by atomic mass is 10.0. The van der Waals surface area contributed by atoms with Crippen LogP contribution in [0.25, 0.3) is 0 Å². The molecule has 0 aliphatic carbocycles. The SMILES string of the molecule is COc1c(CO)cccc1CCCC(=O)O. The molecule has 2 N–H and O–H groups in total. The maximum Gasteiger partial charge on any atom is 0.303 e. The summed E-state index contributed by atoms with van der Waals surface area (Å²) in [6.45, 7) is -0.0735. The van der Waals surface area contributed by atoms with Crippen LogP contribution in [0.3, 0.4) is 0 Å². The van der Waals surface area contributed by atoms with Gasteiger partial charge in [-0.05, 0) is 18.4 Å². The summed E-state index contributed by atoms with van der Waals surface area (Å²) >= 11 is 0. The predicted octanol–water partition coefficient (Wildman–Crippen LogP) is 1.59. The zero-order valence-electron chi connectivity index (χ0n) is 9.27. The number of carbonyl (C=O) groups is 1. The van der Waals surface area contributed by atoms with Crippen LogP contribution < -0.4 is 4.74 Å². The van der Waals surface area contributed by atoms with E-state index >= 15 is 0 Å². The summed E-state index contributed by atoms with van der Waals surface area (Å²) in [5.41, 5.74) is 1.67. The third kappa shape index (κ3) is 3.24. The van der Waals surface area contributed by atoms with Gasteiger partial charge in [-0.15, -0.1) is 0 Å². The number of aliphatic hydroxyl groups is 1. The van der Waals surface area contributed by atoms with Crippen molar-refractivity contribution in [2.75, 3.05) is 7.11 Å². The van der Waals surface area contributed by atoms with Crippen LogP contribution in [0, 0.1) is 0 Å². The molecule has 0 atom stereocenters. The average molecular weight is 224 g/mol. The summed E-state index contributed by atoms with van der Waals surface area (Å²) in [5, 5.41) is 17.7. The smallest absolute Gasteiger partial charge is 0.303 e. The molecule has 0 aromatic heterocycles. The number of hydrogen-bond donors (Lipinski definition) is 2. The number of para-hydroxylation sites is 1. The molecule has 4 heteroatoms. The first-order chi connectivity index (χ1) is 7.69. The van der Waals surface area contributed by atoms with Crippen LogP contribution >= 0.6 is 0 Å². The number of aliphatic carboxylic acids is 1. The number of benzene rings is 1. The Bertz CT molecular complexity index is 360. The molecule has 0 saturated heterocycles. The average Bonchev–Trinajstić information content (AvgIpc) is 2.28. The molecule has 0 radical (unpaired) electrons. The molecule has 0 aliphatic rings. The van der Waals surface area contributed by atoms with Crippen molar-refractivity contribution >= 4 is 5.97 Å². The Morgan fingerprint density at radius 2 is 2.06 bits per heavy atom. The third-order valence-electron chi connectivity index (χ3n) is 2.39. The predicted molar refractivity (Wildman–Crippen MR) is 59.5 cm³/mol. The highest BCUT2D eigenvalue weighted by atomic mass is 16.5. The Morgan fingerprint density at radius 1 is 1.38 bits per heavy atom. The minimum Gasteiger partial charge on any atom is -0.496 e. The van der Waals surface area contributed by atoms with E-state index in [9.17, 15) is 4.79 Å². The summed E-state index contributed by atoms with van der Waals surface area (Å²) in [7, 11) is 1.55. The second-order valence-corrected chi connectivity index (χ2v) is 3.51. The third-order valence-corrected chi connectivity index (χ3v) is 2.39. The van der Waals surface area contributed by atoms with Gasteiger partial charge < -0.3 is 14.9 Å². The number of hydrogen-bond acceptors (Lipinski definition) is 3. The molecule has 88 valence electrons. The van der Waals surface area contributed by atoms with Crippen LogP contribution in [0.5, 0.6) is 5.75 Å². The van der Waals surface area contributed by atoms with Crippen LogP contribution in [-0.4, -0.2) is 23.3 Å². The van der Waals surface area contributed by atoms with E-state index in [4.69, 9.17) is 14.9 Å². The van der Waals surface area contributed by atoms with E-state index in [1.165, 1.54) is 0 Å². The summed E-state index contributed by atoms with van der Waals surface area (Å²) in [4.78, 5) is 10.4. The van der Waals surface area contributed by atoms with E-state index in [1.54, 1.807) is 13.2 Å². The number of carboxylic acid groups (broad SMARTS) is 1.